The van der Waals surface area contributed by atoms with Gasteiger partial charge in [0.15, 0.2) is 0 Å². The van der Waals surface area contributed by atoms with Crippen molar-refractivity contribution in [2.75, 3.05) is 26.2 Å². The standard InChI is InChI=1S/C16H26N2/c1-13(2)11-18(9-5-8-17)12-15-10-14-6-3-4-7-16(14)15/h3-4,6-7,13,15H,5,8-12,17H2,1-2H3. The Bertz CT molecular complexity index is 373. The molecule has 0 saturated heterocycles. The molecule has 0 radical (unpaired) electrons. The van der Waals surface area contributed by atoms with Crippen LogP contribution in [-0.4, -0.2) is 31.1 Å². The highest BCUT2D eigenvalue weighted by molar-refractivity contribution is 5.40. The van der Waals surface area contributed by atoms with Gasteiger partial charge in [0.25, 0.3) is 0 Å². The Morgan fingerprint density at radius 1 is 1.33 bits per heavy atom. The first-order chi connectivity index (χ1) is 8.70. The fourth-order valence-electron chi connectivity index (χ4n) is 2.93. The third-order valence-electron chi connectivity index (χ3n) is 3.74. The molecule has 1 aromatic carbocycles. The summed E-state index contributed by atoms with van der Waals surface area (Å²) in [6.07, 6.45) is 2.37. The lowest BCUT2D eigenvalue weighted by Gasteiger charge is -2.35. The number of nitrogens with zero attached hydrogens (tertiary/aromatic N) is 1. The molecule has 100 valence electrons. The van der Waals surface area contributed by atoms with Crippen LogP contribution >= 0.6 is 0 Å². The number of rotatable bonds is 7. The summed E-state index contributed by atoms with van der Waals surface area (Å²) < 4.78 is 0. The van der Waals surface area contributed by atoms with Crippen molar-refractivity contribution >= 4 is 0 Å². The van der Waals surface area contributed by atoms with E-state index in [-0.39, 0.29) is 0 Å². The highest BCUT2D eigenvalue weighted by Crippen LogP contribution is 2.35. The molecule has 2 nitrogen and oxygen atoms in total. The van der Waals surface area contributed by atoms with Crippen molar-refractivity contribution in [3.63, 3.8) is 0 Å². The Balaban J connectivity index is 1.90. The Morgan fingerprint density at radius 2 is 2.11 bits per heavy atom. The lowest BCUT2D eigenvalue weighted by molar-refractivity contribution is 0.221. The summed E-state index contributed by atoms with van der Waals surface area (Å²) in [6, 6.07) is 8.87. The van der Waals surface area contributed by atoms with Crippen LogP contribution in [0.25, 0.3) is 0 Å². The van der Waals surface area contributed by atoms with E-state index in [1.807, 2.05) is 0 Å². The fraction of sp³-hybridized carbons (Fsp3) is 0.625. The maximum absolute atomic E-state index is 5.63. The summed E-state index contributed by atoms with van der Waals surface area (Å²) in [5.41, 5.74) is 8.75. The maximum Gasteiger partial charge on any atom is 0.00537 e. The average Bonchev–Trinajstić information content (AvgIpc) is 2.32. The second kappa shape index (κ2) is 6.35. The van der Waals surface area contributed by atoms with Gasteiger partial charge in [-0.3, -0.25) is 0 Å². The Morgan fingerprint density at radius 3 is 2.78 bits per heavy atom. The van der Waals surface area contributed by atoms with Gasteiger partial charge in [-0.05, 0) is 43.0 Å². The normalized spacial score (nSPS) is 17.9. The van der Waals surface area contributed by atoms with E-state index in [2.05, 4.69) is 43.0 Å². The third-order valence-corrected chi connectivity index (χ3v) is 3.74. The zero-order chi connectivity index (χ0) is 13.0. The van der Waals surface area contributed by atoms with Crippen molar-refractivity contribution < 1.29 is 0 Å². The second-order valence-electron chi connectivity index (χ2n) is 5.90. The minimum atomic E-state index is 0.734. The Kier molecular flexibility index (Phi) is 4.79. The van der Waals surface area contributed by atoms with Crippen LogP contribution in [0.1, 0.15) is 37.3 Å². The molecular formula is C16H26N2. The first-order valence-corrected chi connectivity index (χ1v) is 7.21. The molecule has 2 rings (SSSR count). The van der Waals surface area contributed by atoms with Crippen LogP contribution in [0.4, 0.5) is 0 Å². The fourth-order valence-corrected chi connectivity index (χ4v) is 2.93. The van der Waals surface area contributed by atoms with Crippen LogP contribution < -0.4 is 5.73 Å². The Hall–Kier alpha value is -0.860. The number of hydrogen-bond donors (Lipinski definition) is 1. The van der Waals surface area contributed by atoms with Gasteiger partial charge in [0.2, 0.25) is 0 Å². The Labute approximate surface area is 111 Å². The molecule has 0 heterocycles. The first kappa shape index (κ1) is 13.6. The molecule has 0 aromatic heterocycles. The van der Waals surface area contributed by atoms with Gasteiger partial charge >= 0.3 is 0 Å². The molecule has 0 fully saturated rings. The van der Waals surface area contributed by atoms with E-state index < -0.39 is 0 Å². The van der Waals surface area contributed by atoms with E-state index in [9.17, 15) is 0 Å². The van der Waals surface area contributed by atoms with Crippen molar-refractivity contribution in [1.82, 2.24) is 4.90 Å². The summed E-state index contributed by atoms with van der Waals surface area (Å²) in [7, 11) is 0. The lowest BCUT2D eigenvalue weighted by Crippen LogP contribution is -2.37. The monoisotopic (exact) mass is 246 g/mol. The van der Waals surface area contributed by atoms with E-state index in [4.69, 9.17) is 5.73 Å². The molecule has 2 N–H and O–H groups in total. The molecule has 0 saturated carbocycles. The highest BCUT2D eigenvalue weighted by atomic mass is 15.1. The summed E-state index contributed by atoms with van der Waals surface area (Å²) in [5.74, 6) is 1.48. The van der Waals surface area contributed by atoms with E-state index in [1.54, 1.807) is 11.1 Å². The zero-order valence-electron chi connectivity index (χ0n) is 11.7. The molecule has 0 amide bonds. The van der Waals surface area contributed by atoms with Crippen LogP contribution in [0.5, 0.6) is 0 Å². The SMILES string of the molecule is CC(C)CN(CCCN)CC1Cc2ccccc21. The predicted octanol–water partition coefficient (Wildman–Crippen LogP) is 2.63. The number of benzene rings is 1. The summed E-state index contributed by atoms with van der Waals surface area (Å²) in [6.45, 7) is 8.94. The molecular weight excluding hydrogens is 220 g/mol. The maximum atomic E-state index is 5.63. The van der Waals surface area contributed by atoms with Crippen molar-refractivity contribution in [3.05, 3.63) is 35.4 Å². The minimum Gasteiger partial charge on any atom is -0.330 e. The number of nitrogens with two attached hydrogens (primary N) is 1. The quantitative estimate of drug-likeness (QED) is 0.801. The smallest absolute Gasteiger partial charge is 0.00537 e. The molecule has 1 atom stereocenters. The van der Waals surface area contributed by atoms with Crippen molar-refractivity contribution in [3.8, 4) is 0 Å². The van der Waals surface area contributed by atoms with Crippen molar-refractivity contribution in [2.24, 2.45) is 11.7 Å². The molecule has 1 unspecified atom stereocenters. The molecule has 0 spiro atoms. The van der Waals surface area contributed by atoms with Crippen LogP contribution in [0.15, 0.2) is 24.3 Å². The van der Waals surface area contributed by atoms with Crippen LogP contribution in [-0.2, 0) is 6.42 Å². The zero-order valence-corrected chi connectivity index (χ0v) is 11.7. The second-order valence-corrected chi connectivity index (χ2v) is 5.90. The van der Waals surface area contributed by atoms with Gasteiger partial charge in [-0.2, -0.15) is 0 Å². The largest absolute Gasteiger partial charge is 0.330 e. The van der Waals surface area contributed by atoms with E-state index in [1.165, 1.54) is 19.5 Å². The lowest BCUT2D eigenvalue weighted by atomic mass is 9.77. The van der Waals surface area contributed by atoms with Gasteiger partial charge < -0.3 is 10.6 Å². The van der Waals surface area contributed by atoms with Crippen LogP contribution in [0.3, 0.4) is 0 Å². The van der Waals surface area contributed by atoms with Gasteiger partial charge in [-0.15, -0.1) is 0 Å². The van der Waals surface area contributed by atoms with Gasteiger partial charge in [0.05, 0.1) is 0 Å². The predicted molar refractivity (Wildman–Crippen MR) is 77.8 cm³/mol. The third kappa shape index (κ3) is 3.33. The van der Waals surface area contributed by atoms with Gasteiger partial charge in [0, 0.05) is 19.0 Å². The number of hydrogen-bond acceptors (Lipinski definition) is 2. The molecule has 0 aliphatic heterocycles. The average molecular weight is 246 g/mol. The van der Waals surface area contributed by atoms with Gasteiger partial charge in [0.1, 0.15) is 0 Å². The molecule has 0 bridgehead atoms. The molecule has 1 aliphatic carbocycles. The van der Waals surface area contributed by atoms with Gasteiger partial charge in [-0.25, -0.2) is 0 Å². The first-order valence-electron chi connectivity index (χ1n) is 7.21. The van der Waals surface area contributed by atoms with Crippen LogP contribution in [0, 0.1) is 5.92 Å². The summed E-state index contributed by atoms with van der Waals surface area (Å²) >= 11 is 0. The van der Waals surface area contributed by atoms with E-state index >= 15 is 0 Å². The van der Waals surface area contributed by atoms with E-state index in [0.717, 1.165) is 31.3 Å². The van der Waals surface area contributed by atoms with Crippen LogP contribution in [0.2, 0.25) is 0 Å². The molecule has 1 aliphatic rings. The van der Waals surface area contributed by atoms with Gasteiger partial charge in [-0.1, -0.05) is 38.1 Å². The number of fused-ring (bicyclic) bond motifs is 1. The minimum absolute atomic E-state index is 0.734. The topological polar surface area (TPSA) is 29.3 Å². The van der Waals surface area contributed by atoms with E-state index in [0.29, 0.717) is 0 Å². The van der Waals surface area contributed by atoms with Crippen molar-refractivity contribution in [2.45, 2.75) is 32.6 Å². The molecule has 2 heteroatoms. The summed E-state index contributed by atoms with van der Waals surface area (Å²) in [5, 5.41) is 0. The molecule has 18 heavy (non-hydrogen) atoms. The summed E-state index contributed by atoms with van der Waals surface area (Å²) in [4.78, 5) is 2.60. The highest BCUT2D eigenvalue weighted by Gasteiger charge is 2.27. The molecule has 1 aromatic rings. The van der Waals surface area contributed by atoms with Crippen molar-refractivity contribution in [1.29, 1.82) is 0 Å².